The lowest BCUT2D eigenvalue weighted by atomic mass is 9.96. The Hall–Kier alpha value is -1.60. The van der Waals surface area contributed by atoms with Crippen LogP contribution in [0.4, 0.5) is 5.13 Å². The van der Waals surface area contributed by atoms with Crippen LogP contribution < -0.4 is 5.32 Å². The van der Waals surface area contributed by atoms with Crippen LogP contribution in [0.3, 0.4) is 0 Å². The second-order valence-electron chi connectivity index (χ2n) is 6.98. The molecule has 1 N–H and O–H groups in total. The van der Waals surface area contributed by atoms with Crippen molar-refractivity contribution in [2.45, 2.75) is 55.5 Å². The summed E-state index contributed by atoms with van der Waals surface area (Å²) in [6.45, 7) is 1.53. The number of rotatable bonds is 5. The summed E-state index contributed by atoms with van der Waals surface area (Å²) in [7, 11) is 0. The Morgan fingerprint density at radius 1 is 1.19 bits per heavy atom. The second kappa shape index (κ2) is 8.39. The number of hydrogen-bond donors (Lipinski definition) is 1. The van der Waals surface area contributed by atoms with E-state index in [0.29, 0.717) is 11.8 Å². The van der Waals surface area contributed by atoms with E-state index < -0.39 is 0 Å². The fourth-order valence-electron chi connectivity index (χ4n) is 3.67. The molecule has 1 aromatic heterocycles. The number of thioether (sulfide) groups is 1. The molecule has 1 amide bonds. The van der Waals surface area contributed by atoms with Crippen LogP contribution in [0.15, 0.2) is 28.6 Å². The van der Waals surface area contributed by atoms with Gasteiger partial charge in [-0.25, -0.2) is 0 Å². The van der Waals surface area contributed by atoms with Gasteiger partial charge in [0, 0.05) is 19.1 Å². The minimum atomic E-state index is 0.182. The Morgan fingerprint density at radius 2 is 2.00 bits per heavy atom. The number of anilines is 1. The summed E-state index contributed by atoms with van der Waals surface area (Å²) in [5.41, 5.74) is 2.64. The van der Waals surface area contributed by atoms with Crippen LogP contribution in [-0.2, 0) is 17.8 Å². The van der Waals surface area contributed by atoms with Crippen LogP contribution in [0.2, 0.25) is 0 Å². The van der Waals surface area contributed by atoms with E-state index in [1.165, 1.54) is 55.0 Å². The van der Waals surface area contributed by atoms with Crippen molar-refractivity contribution in [2.75, 3.05) is 17.6 Å². The average molecular weight is 389 g/mol. The van der Waals surface area contributed by atoms with Gasteiger partial charge in [0.25, 0.3) is 0 Å². The lowest BCUT2D eigenvalue weighted by Gasteiger charge is -2.28. The lowest BCUT2D eigenvalue weighted by molar-refractivity contribution is -0.129. The van der Waals surface area contributed by atoms with Crippen molar-refractivity contribution in [1.29, 1.82) is 0 Å². The van der Waals surface area contributed by atoms with Crippen molar-refractivity contribution in [3.05, 3.63) is 35.4 Å². The molecule has 2 heterocycles. The number of aromatic nitrogens is 2. The largest absolute Gasteiger partial charge is 0.357 e. The van der Waals surface area contributed by atoms with E-state index >= 15 is 0 Å². The van der Waals surface area contributed by atoms with Crippen LogP contribution >= 0.6 is 23.1 Å². The number of amides is 1. The SMILES string of the molecule is O=C(CSc1nnc(NC2CCCCC2)s1)N1CCc2ccccc2C1. The maximum absolute atomic E-state index is 12.6. The number of nitrogens with one attached hydrogen (secondary N) is 1. The standard InChI is InChI=1S/C19H24N4OS2/c24-17(23-11-10-14-6-4-5-7-15(14)12-23)13-25-19-22-21-18(26-19)20-16-8-2-1-3-9-16/h4-7,16H,1-3,8-13H2,(H,20,21). The molecule has 26 heavy (non-hydrogen) atoms. The van der Waals surface area contributed by atoms with Gasteiger partial charge < -0.3 is 10.2 Å². The maximum atomic E-state index is 12.6. The average Bonchev–Trinajstić information content (AvgIpc) is 3.14. The van der Waals surface area contributed by atoms with Crippen LogP contribution in [0.25, 0.3) is 0 Å². The van der Waals surface area contributed by atoms with Gasteiger partial charge in [0.1, 0.15) is 0 Å². The van der Waals surface area contributed by atoms with Gasteiger partial charge in [0.05, 0.1) is 5.75 Å². The Bertz CT molecular complexity index is 758. The van der Waals surface area contributed by atoms with Crippen LogP contribution in [0, 0.1) is 0 Å². The molecule has 0 radical (unpaired) electrons. The minimum Gasteiger partial charge on any atom is -0.357 e. The normalized spacial score (nSPS) is 17.8. The zero-order valence-corrected chi connectivity index (χ0v) is 16.5. The Kier molecular flexibility index (Phi) is 5.75. The summed E-state index contributed by atoms with van der Waals surface area (Å²) in [5.74, 6) is 0.613. The van der Waals surface area contributed by atoms with Crippen LogP contribution in [0.1, 0.15) is 43.2 Å². The molecule has 1 aliphatic heterocycles. The Morgan fingerprint density at radius 3 is 2.85 bits per heavy atom. The zero-order valence-electron chi connectivity index (χ0n) is 14.8. The van der Waals surface area contributed by atoms with Crippen LogP contribution in [-0.4, -0.2) is 39.3 Å². The van der Waals surface area contributed by atoms with Gasteiger partial charge in [-0.15, -0.1) is 10.2 Å². The van der Waals surface area contributed by atoms with E-state index in [4.69, 9.17) is 0 Å². The molecule has 1 aliphatic carbocycles. The monoisotopic (exact) mass is 388 g/mol. The molecule has 2 aromatic rings. The number of nitrogens with zero attached hydrogens (tertiary/aromatic N) is 3. The molecule has 7 heteroatoms. The minimum absolute atomic E-state index is 0.182. The summed E-state index contributed by atoms with van der Waals surface area (Å²) in [4.78, 5) is 14.5. The first-order chi connectivity index (χ1) is 12.8. The number of fused-ring (bicyclic) bond motifs is 1. The quantitative estimate of drug-likeness (QED) is 0.786. The third kappa shape index (κ3) is 4.38. The number of hydrogen-bond acceptors (Lipinski definition) is 6. The highest BCUT2D eigenvalue weighted by atomic mass is 32.2. The third-order valence-corrected chi connectivity index (χ3v) is 7.11. The predicted octanol–water partition coefficient (Wildman–Crippen LogP) is 3.96. The first-order valence-electron chi connectivity index (χ1n) is 9.35. The van der Waals surface area contributed by atoms with E-state index in [-0.39, 0.29) is 5.91 Å². The van der Waals surface area contributed by atoms with Gasteiger partial charge in [-0.1, -0.05) is 66.6 Å². The summed E-state index contributed by atoms with van der Waals surface area (Å²) >= 11 is 3.06. The van der Waals surface area contributed by atoms with Gasteiger partial charge in [0.15, 0.2) is 4.34 Å². The lowest BCUT2D eigenvalue weighted by Crippen LogP contribution is -2.37. The first-order valence-corrected chi connectivity index (χ1v) is 11.2. The smallest absolute Gasteiger partial charge is 0.233 e. The fraction of sp³-hybridized carbons (Fsp3) is 0.526. The van der Waals surface area contributed by atoms with Crippen molar-refractivity contribution < 1.29 is 4.79 Å². The molecule has 1 aromatic carbocycles. The van der Waals surface area contributed by atoms with E-state index in [2.05, 4.69) is 33.7 Å². The molecule has 0 saturated heterocycles. The molecule has 0 spiro atoms. The highest BCUT2D eigenvalue weighted by molar-refractivity contribution is 8.01. The molecule has 0 atom stereocenters. The van der Waals surface area contributed by atoms with Gasteiger partial charge in [-0.3, -0.25) is 4.79 Å². The van der Waals surface area contributed by atoms with Crippen molar-refractivity contribution in [3.63, 3.8) is 0 Å². The van der Waals surface area contributed by atoms with Gasteiger partial charge in [-0.2, -0.15) is 0 Å². The van der Waals surface area contributed by atoms with Crippen molar-refractivity contribution in [2.24, 2.45) is 0 Å². The molecular weight excluding hydrogens is 364 g/mol. The topological polar surface area (TPSA) is 58.1 Å². The van der Waals surface area contributed by atoms with E-state index in [0.717, 1.165) is 29.0 Å². The number of benzene rings is 1. The molecule has 1 fully saturated rings. The summed E-state index contributed by atoms with van der Waals surface area (Å²) in [6, 6.07) is 8.93. The van der Waals surface area contributed by atoms with Crippen LogP contribution in [0.5, 0.6) is 0 Å². The fourth-order valence-corrected chi connectivity index (χ4v) is 5.40. The molecule has 1 saturated carbocycles. The molecule has 138 valence electrons. The molecule has 0 unspecified atom stereocenters. The summed E-state index contributed by atoms with van der Waals surface area (Å²) < 4.78 is 0.870. The molecule has 5 nitrogen and oxygen atoms in total. The van der Waals surface area contributed by atoms with Crippen molar-refractivity contribution in [3.8, 4) is 0 Å². The van der Waals surface area contributed by atoms with E-state index in [1.807, 2.05) is 11.0 Å². The Labute approximate surface area is 162 Å². The molecule has 4 rings (SSSR count). The maximum Gasteiger partial charge on any atom is 0.233 e. The Balaban J connectivity index is 1.27. The van der Waals surface area contributed by atoms with Gasteiger partial charge in [-0.05, 0) is 30.4 Å². The van der Waals surface area contributed by atoms with Crippen molar-refractivity contribution in [1.82, 2.24) is 15.1 Å². The zero-order chi connectivity index (χ0) is 17.8. The van der Waals surface area contributed by atoms with E-state index in [1.54, 1.807) is 11.3 Å². The molecule has 0 bridgehead atoms. The number of carbonyl (C=O) groups is 1. The predicted molar refractivity (Wildman–Crippen MR) is 107 cm³/mol. The summed E-state index contributed by atoms with van der Waals surface area (Å²) in [6.07, 6.45) is 7.32. The third-order valence-electron chi connectivity index (χ3n) is 5.14. The second-order valence-corrected chi connectivity index (χ2v) is 9.18. The van der Waals surface area contributed by atoms with E-state index in [9.17, 15) is 4.79 Å². The highest BCUT2D eigenvalue weighted by Crippen LogP contribution is 2.29. The summed E-state index contributed by atoms with van der Waals surface area (Å²) in [5, 5.41) is 12.9. The van der Waals surface area contributed by atoms with Crippen molar-refractivity contribution >= 4 is 34.1 Å². The number of carbonyl (C=O) groups excluding carboxylic acids is 1. The van der Waals surface area contributed by atoms with Gasteiger partial charge >= 0.3 is 0 Å². The molecular formula is C19H24N4OS2. The van der Waals surface area contributed by atoms with Gasteiger partial charge in [0.2, 0.25) is 11.0 Å². The molecule has 2 aliphatic rings. The first kappa shape index (κ1) is 17.8. The highest BCUT2D eigenvalue weighted by Gasteiger charge is 2.21.